The Bertz CT molecular complexity index is 1090. The number of aromatic hydroxyl groups is 1. The van der Waals surface area contributed by atoms with Gasteiger partial charge in [-0.2, -0.15) is 10.1 Å². The number of nitrogens with one attached hydrogen (secondary N) is 1. The fourth-order valence-electron chi connectivity index (χ4n) is 2.87. The molecule has 8 heteroatoms. The molecule has 0 bridgehead atoms. The standard InChI is InChI=1S/C20H19N5O3/c1-3-28-18-9-6-15(10-17(18)26)25(14-4-7-16(27-2)8-5-14)20-21-11-13-12-22-24-19(13)23-20/h4-12,26H,3H2,1-2H3,(H,21,22,23,24). The molecule has 0 amide bonds. The molecule has 0 aliphatic carbocycles. The molecule has 28 heavy (non-hydrogen) atoms. The molecule has 2 aromatic heterocycles. The number of aromatic nitrogens is 4. The van der Waals surface area contributed by atoms with E-state index in [9.17, 15) is 5.11 Å². The molecule has 0 aliphatic rings. The maximum Gasteiger partial charge on any atom is 0.236 e. The van der Waals surface area contributed by atoms with Gasteiger partial charge in [-0.25, -0.2) is 4.98 Å². The van der Waals surface area contributed by atoms with Crippen molar-refractivity contribution in [1.82, 2.24) is 20.2 Å². The van der Waals surface area contributed by atoms with Gasteiger partial charge in [0.15, 0.2) is 17.1 Å². The predicted molar refractivity (Wildman–Crippen MR) is 106 cm³/mol. The van der Waals surface area contributed by atoms with Gasteiger partial charge in [-0.15, -0.1) is 0 Å². The molecule has 0 atom stereocenters. The first kappa shape index (κ1) is 17.6. The SMILES string of the molecule is CCOc1ccc(N(c2ccc(OC)cc2)c2ncc3cn[nH]c3n2)cc1O. The van der Waals surface area contributed by atoms with Crippen molar-refractivity contribution in [2.45, 2.75) is 6.92 Å². The second kappa shape index (κ2) is 7.43. The maximum atomic E-state index is 10.4. The largest absolute Gasteiger partial charge is 0.504 e. The van der Waals surface area contributed by atoms with Crippen LogP contribution >= 0.6 is 0 Å². The Morgan fingerprint density at radius 3 is 2.57 bits per heavy atom. The number of benzene rings is 2. The van der Waals surface area contributed by atoms with E-state index in [1.54, 1.807) is 31.6 Å². The summed E-state index contributed by atoms with van der Waals surface area (Å²) in [4.78, 5) is 10.9. The molecule has 0 radical (unpaired) electrons. The van der Waals surface area contributed by atoms with Crippen molar-refractivity contribution < 1.29 is 14.6 Å². The number of hydrogen-bond donors (Lipinski definition) is 2. The molecule has 2 heterocycles. The summed E-state index contributed by atoms with van der Waals surface area (Å²) in [7, 11) is 1.62. The van der Waals surface area contributed by atoms with Crippen LogP contribution < -0.4 is 14.4 Å². The van der Waals surface area contributed by atoms with Gasteiger partial charge in [0, 0.05) is 18.0 Å². The van der Waals surface area contributed by atoms with Crippen molar-refractivity contribution in [3.05, 3.63) is 54.9 Å². The first-order valence-corrected chi connectivity index (χ1v) is 8.75. The fraction of sp³-hybridized carbons (Fsp3) is 0.150. The quantitative estimate of drug-likeness (QED) is 0.525. The molecule has 0 fully saturated rings. The van der Waals surface area contributed by atoms with E-state index in [-0.39, 0.29) is 5.75 Å². The lowest BCUT2D eigenvalue weighted by molar-refractivity contribution is 0.318. The maximum absolute atomic E-state index is 10.4. The average molecular weight is 377 g/mol. The van der Waals surface area contributed by atoms with Crippen LogP contribution in [0.3, 0.4) is 0 Å². The Morgan fingerprint density at radius 2 is 1.86 bits per heavy atom. The van der Waals surface area contributed by atoms with Crippen LogP contribution in [0.4, 0.5) is 17.3 Å². The molecular formula is C20H19N5O3. The molecule has 0 saturated carbocycles. The summed E-state index contributed by atoms with van der Waals surface area (Å²) in [5.74, 6) is 1.64. The molecule has 2 aromatic carbocycles. The lowest BCUT2D eigenvalue weighted by atomic mass is 10.2. The van der Waals surface area contributed by atoms with E-state index in [1.807, 2.05) is 42.2 Å². The van der Waals surface area contributed by atoms with Crippen LogP contribution in [0.25, 0.3) is 11.0 Å². The minimum atomic E-state index is 0.0421. The van der Waals surface area contributed by atoms with E-state index >= 15 is 0 Å². The minimum Gasteiger partial charge on any atom is -0.504 e. The second-order valence-corrected chi connectivity index (χ2v) is 5.96. The minimum absolute atomic E-state index is 0.0421. The van der Waals surface area contributed by atoms with Crippen LogP contribution in [-0.2, 0) is 0 Å². The molecule has 0 saturated heterocycles. The Morgan fingerprint density at radius 1 is 1.07 bits per heavy atom. The Hall–Kier alpha value is -3.81. The third-order valence-corrected chi connectivity index (χ3v) is 4.21. The number of hydrogen-bond acceptors (Lipinski definition) is 7. The summed E-state index contributed by atoms with van der Waals surface area (Å²) >= 11 is 0. The lowest BCUT2D eigenvalue weighted by Gasteiger charge is -2.23. The molecule has 0 aliphatic heterocycles. The van der Waals surface area contributed by atoms with Crippen molar-refractivity contribution >= 4 is 28.4 Å². The van der Waals surface area contributed by atoms with Crippen LogP contribution in [0.15, 0.2) is 54.9 Å². The monoisotopic (exact) mass is 377 g/mol. The Labute approximate surface area is 161 Å². The van der Waals surface area contributed by atoms with Crippen molar-refractivity contribution in [3.63, 3.8) is 0 Å². The number of phenolic OH excluding ortho intramolecular Hbond substituents is 1. The molecular weight excluding hydrogens is 358 g/mol. The zero-order valence-corrected chi connectivity index (χ0v) is 15.5. The molecule has 8 nitrogen and oxygen atoms in total. The molecule has 4 rings (SSSR count). The van der Waals surface area contributed by atoms with Gasteiger partial charge in [0.05, 0.1) is 31.0 Å². The smallest absolute Gasteiger partial charge is 0.236 e. The van der Waals surface area contributed by atoms with Crippen molar-refractivity contribution in [2.24, 2.45) is 0 Å². The number of anilines is 3. The van der Waals surface area contributed by atoms with E-state index in [0.717, 1.165) is 16.8 Å². The Balaban J connectivity index is 1.83. The zero-order valence-electron chi connectivity index (χ0n) is 15.5. The predicted octanol–water partition coefficient (Wildman–Crippen LogP) is 3.94. The highest BCUT2D eigenvalue weighted by atomic mass is 16.5. The van der Waals surface area contributed by atoms with Crippen LogP contribution in [-0.4, -0.2) is 39.0 Å². The zero-order chi connectivity index (χ0) is 19.5. The van der Waals surface area contributed by atoms with Gasteiger partial charge >= 0.3 is 0 Å². The van der Waals surface area contributed by atoms with Gasteiger partial charge in [0.1, 0.15) is 5.75 Å². The van der Waals surface area contributed by atoms with Gasteiger partial charge < -0.3 is 14.6 Å². The van der Waals surface area contributed by atoms with Crippen LogP contribution in [0.1, 0.15) is 6.92 Å². The summed E-state index contributed by atoms with van der Waals surface area (Å²) in [6.45, 7) is 2.33. The summed E-state index contributed by atoms with van der Waals surface area (Å²) < 4.78 is 10.7. The number of aromatic amines is 1. The summed E-state index contributed by atoms with van der Waals surface area (Å²) in [5.41, 5.74) is 2.12. The Kier molecular flexibility index (Phi) is 4.67. The molecule has 0 unspecified atom stereocenters. The highest BCUT2D eigenvalue weighted by Gasteiger charge is 2.18. The first-order valence-electron chi connectivity index (χ1n) is 8.75. The molecule has 0 spiro atoms. The highest BCUT2D eigenvalue weighted by molar-refractivity contribution is 5.79. The van der Waals surface area contributed by atoms with Gasteiger partial charge in [-0.05, 0) is 43.3 Å². The number of ether oxygens (including phenoxy) is 2. The molecule has 4 aromatic rings. The fourth-order valence-corrected chi connectivity index (χ4v) is 2.87. The number of fused-ring (bicyclic) bond motifs is 1. The highest BCUT2D eigenvalue weighted by Crippen LogP contribution is 2.38. The van der Waals surface area contributed by atoms with Crippen LogP contribution in [0.2, 0.25) is 0 Å². The van der Waals surface area contributed by atoms with E-state index in [2.05, 4.69) is 20.2 Å². The average Bonchev–Trinajstić information content (AvgIpc) is 3.19. The normalized spacial score (nSPS) is 10.8. The second-order valence-electron chi connectivity index (χ2n) is 5.96. The number of H-pyrrole nitrogens is 1. The van der Waals surface area contributed by atoms with Crippen LogP contribution in [0.5, 0.6) is 17.2 Å². The van der Waals surface area contributed by atoms with Gasteiger partial charge in [0.25, 0.3) is 0 Å². The summed E-state index contributed by atoms with van der Waals surface area (Å²) in [5, 5.41) is 18.0. The summed E-state index contributed by atoms with van der Waals surface area (Å²) in [6, 6.07) is 12.7. The molecule has 142 valence electrons. The van der Waals surface area contributed by atoms with Gasteiger partial charge in [0.2, 0.25) is 5.95 Å². The van der Waals surface area contributed by atoms with E-state index < -0.39 is 0 Å². The van der Waals surface area contributed by atoms with Crippen molar-refractivity contribution in [2.75, 3.05) is 18.6 Å². The third kappa shape index (κ3) is 3.27. The lowest BCUT2D eigenvalue weighted by Crippen LogP contribution is -2.13. The van der Waals surface area contributed by atoms with Crippen molar-refractivity contribution in [3.8, 4) is 17.2 Å². The number of phenols is 1. The van der Waals surface area contributed by atoms with E-state index in [1.165, 1.54) is 0 Å². The third-order valence-electron chi connectivity index (χ3n) is 4.21. The number of rotatable bonds is 6. The topological polar surface area (TPSA) is 96.4 Å². The number of nitrogens with zero attached hydrogens (tertiary/aromatic N) is 4. The first-order chi connectivity index (χ1) is 13.7. The van der Waals surface area contributed by atoms with Crippen LogP contribution in [0, 0.1) is 0 Å². The van der Waals surface area contributed by atoms with Gasteiger partial charge in [-0.1, -0.05) is 0 Å². The molecule has 2 N–H and O–H groups in total. The number of methoxy groups -OCH3 is 1. The van der Waals surface area contributed by atoms with Gasteiger partial charge in [-0.3, -0.25) is 10.00 Å². The van der Waals surface area contributed by atoms with Crippen molar-refractivity contribution in [1.29, 1.82) is 0 Å². The summed E-state index contributed by atoms with van der Waals surface area (Å²) in [6.07, 6.45) is 3.37. The van der Waals surface area contributed by atoms with E-state index in [0.29, 0.717) is 29.6 Å². The van der Waals surface area contributed by atoms with E-state index in [4.69, 9.17) is 9.47 Å².